The molecule has 0 aliphatic carbocycles. The number of carbonyl (C=O) groups excluding carboxylic acids is 1. The summed E-state index contributed by atoms with van der Waals surface area (Å²) >= 11 is 0. The van der Waals surface area contributed by atoms with Gasteiger partial charge in [0.2, 0.25) is 0 Å². The van der Waals surface area contributed by atoms with Gasteiger partial charge < -0.3 is 9.76 Å². The van der Waals surface area contributed by atoms with Gasteiger partial charge in [0, 0.05) is 0 Å². The first kappa shape index (κ1) is 16.8. The number of rotatable bonds is 3. The minimum atomic E-state index is -0.613. The van der Waals surface area contributed by atoms with E-state index in [1.165, 1.54) is 14.4 Å². The molecule has 0 rings (SSSR count). The van der Waals surface area contributed by atoms with Crippen LogP contribution in [0, 0.1) is 0 Å². The molecular formula is C7H18BO3. The van der Waals surface area contributed by atoms with Crippen molar-refractivity contribution in [1.82, 2.24) is 0 Å². The average molecular weight is 161 g/mol. The van der Waals surface area contributed by atoms with E-state index in [1.54, 1.807) is 6.82 Å². The third-order valence-corrected chi connectivity index (χ3v) is 0.711. The number of hydrogen-bond acceptors (Lipinski definition) is 3. The van der Waals surface area contributed by atoms with Crippen molar-refractivity contribution in [1.29, 1.82) is 0 Å². The molecule has 0 saturated heterocycles. The number of aliphatic hydroxyl groups excluding tert-OH is 1. The maximum atomic E-state index is 10.4. The highest BCUT2D eigenvalue weighted by molar-refractivity contribution is 6.28. The Hall–Kier alpha value is -0.505. The largest absolute Gasteiger partial charge is 0.539 e. The fourth-order valence-electron chi connectivity index (χ4n) is 0.421. The van der Waals surface area contributed by atoms with Crippen LogP contribution >= 0.6 is 0 Å². The summed E-state index contributed by atoms with van der Waals surface area (Å²) in [5.41, 5.74) is 0. The van der Waals surface area contributed by atoms with Crippen LogP contribution < -0.4 is 0 Å². The molecule has 0 fully saturated rings. The van der Waals surface area contributed by atoms with E-state index in [4.69, 9.17) is 5.11 Å². The molecule has 4 heteroatoms. The minimum absolute atomic E-state index is 0. The number of hydrogen-bond donors (Lipinski definition) is 1. The molecule has 11 heavy (non-hydrogen) atoms. The van der Waals surface area contributed by atoms with Crippen molar-refractivity contribution in [2.24, 2.45) is 0 Å². The lowest BCUT2D eigenvalue weighted by Gasteiger charge is -2.01. The molecule has 0 aliphatic rings. The van der Waals surface area contributed by atoms with E-state index in [0.717, 1.165) is 0 Å². The van der Waals surface area contributed by atoms with E-state index in [1.807, 2.05) is 0 Å². The fraction of sp³-hybridized carbons (Fsp3) is 0.857. The normalized spacial score (nSPS) is 10.1. The van der Waals surface area contributed by atoms with Gasteiger partial charge in [-0.3, -0.25) is 4.79 Å². The first-order chi connectivity index (χ1) is 4.16. The van der Waals surface area contributed by atoms with Crippen LogP contribution in [-0.2, 0) is 9.45 Å². The summed E-state index contributed by atoms with van der Waals surface area (Å²) in [4.78, 5) is 10.4. The molecule has 67 valence electrons. The van der Waals surface area contributed by atoms with E-state index in [9.17, 15) is 4.79 Å². The van der Waals surface area contributed by atoms with E-state index in [2.05, 4.69) is 4.65 Å². The predicted octanol–water partition coefficient (Wildman–Crippen LogP) is 1.24. The maximum absolute atomic E-state index is 10.4. The average Bonchev–Trinajstić information content (AvgIpc) is 1.63. The van der Waals surface area contributed by atoms with E-state index in [-0.39, 0.29) is 21.3 Å². The van der Waals surface area contributed by atoms with Crippen LogP contribution in [0.25, 0.3) is 0 Å². The minimum Gasteiger partial charge on any atom is -0.539 e. The van der Waals surface area contributed by atoms with Gasteiger partial charge in [0.1, 0.15) is 0 Å². The molecule has 0 aromatic carbocycles. The molecule has 3 nitrogen and oxygen atoms in total. The van der Waals surface area contributed by atoms with E-state index >= 15 is 0 Å². The summed E-state index contributed by atoms with van der Waals surface area (Å²) in [5, 5.41) is 8.63. The summed E-state index contributed by atoms with van der Waals surface area (Å²) in [6, 6.07) is 0. The Labute approximate surface area is 70.0 Å². The summed E-state index contributed by atoms with van der Waals surface area (Å²) in [6.45, 7) is 3.15. The lowest BCUT2D eigenvalue weighted by Crippen LogP contribution is -2.13. The molecule has 0 saturated carbocycles. The zero-order chi connectivity index (χ0) is 7.28. The molecule has 0 spiro atoms. The highest BCUT2D eigenvalue weighted by Gasteiger charge is 2.04. The van der Waals surface area contributed by atoms with Crippen molar-refractivity contribution in [3.05, 3.63) is 0 Å². The first-order valence-electron chi connectivity index (χ1n) is 2.82. The van der Waals surface area contributed by atoms with Crippen molar-refractivity contribution < 1.29 is 14.6 Å². The Morgan fingerprint density at radius 3 is 2.36 bits per heavy atom. The van der Waals surface area contributed by atoms with Gasteiger partial charge in [-0.15, -0.1) is 0 Å². The molecule has 1 unspecified atom stereocenters. The molecule has 1 N–H and O–H groups in total. The van der Waals surface area contributed by atoms with Crippen LogP contribution in [0.3, 0.4) is 0 Å². The van der Waals surface area contributed by atoms with Gasteiger partial charge in [0.05, 0.1) is 12.5 Å². The summed E-state index contributed by atoms with van der Waals surface area (Å²) < 4.78 is 4.43. The van der Waals surface area contributed by atoms with E-state index in [0.29, 0.717) is 0 Å². The summed E-state index contributed by atoms with van der Waals surface area (Å²) in [6.07, 6.45) is -0.554. The first-order valence-corrected chi connectivity index (χ1v) is 2.82. The number of carbonyl (C=O) groups is 1. The van der Waals surface area contributed by atoms with Crippen molar-refractivity contribution >= 4 is 13.5 Å². The topological polar surface area (TPSA) is 46.5 Å². The molecule has 1 radical (unpaired) electrons. The third-order valence-electron chi connectivity index (χ3n) is 0.711. The zero-order valence-electron chi connectivity index (χ0n) is 5.63. The van der Waals surface area contributed by atoms with Gasteiger partial charge in [0.25, 0.3) is 5.97 Å². The van der Waals surface area contributed by atoms with Gasteiger partial charge in [-0.25, -0.2) is 0 Å². The van der Waals surface area contributed by atoms with E-state index < -0.39 is 12.1 Å². The van der Waals surface area contributed by atoms with Crippen molar-refractivity contribution in [2.75, 3.05) is 0 Å². The standard InChI is InChI=1S/C5H10BO3.2CH4/c1-4(7)3-5(8)9-6-2;;/h4,7H,3H2,1-2H3;2*1H4. The lowest BCUT2D eigenvalue weighted by molar-refractivity contribution is -0.136. The van der Waals surface area contributed by atoms with Crippen molar-refractivity contribution in [3.8, 4) is 0 Å². The Bertz CT molecular complexity index is 93.7. The summed E-state index contributed by atoms with van der Waals surface area (Å²) in [7, 11) is 1.30. The van der Waals surface area contributed by atoms with Crippen LogP contribution in [0.5, 0.6) is 0 Å². The van der Waals surface area contributed by atoms with Crippen LogP contribution in [0.4, 0.5) is 0 Å². The third kappa shape index (κ3) is 12.6. The Morgan fingerprint density at radius 2 is 2.09 bits per heavy atom. The Kier molecular flexibility index (Phi) is 14.5. The molecular weight excluding hydrogens is 143 g/mol. The molecule has 0 aromatic rings. The number of aliphatic hydroxyl groups is 1. The quantitative estimate of drug-likeness (QED) is 0.633. The van der Waals surface area contributed by atoms with Crippen molar-refractivity contribution in [3.63, 3.8) is 0 Å². The van der Waals surface area contributed by atoms with Gasteiger partial charge in [0.15, 0.2) is 0 Å². The fourth-order valence-corrected chi connectivity index (χ4v) is 0.421. The van der Waals surface area contributed by atoms with Gasteiger partial charge in [-0.2, -0.15) is 0 Å². The molecule has 0 bridgehead atoms. The Morgan fingerprint density at radius 1 is 1.64 bits per heavy atom. The van der Waals surface area contributed by atoms with Gasteiger partial charge in [-0.1, -0.05) is 21.7 Å². The molecule has 0 amide bonds. The second kappa shape index (κ2) is 9.49. The molecule has 0 heterocycles. The second-order valence-electron chi connectivity index (χ2n) is 1.78. The highest BCUT2D eigenvalue weighted by atomic mass is 16.5. The second-order valence-corrected chi connectivity index (χ2v) is 1.78. The summed E-state index contributed by atoms with van der Waals surface area (Å²) in [5.74, 6) is -0.396. The SMILES string of the molecule is C.C.C[B]OC(=O)CC(C)O. The van der Waals surface area contributed by atoms with Crippen LogP contribution in [0.15, 0.2) is 0 Å². The van der Waals surface area contributed by atoms with Crippen LogP contribution in [-0.4, -0.2) is 24.7 Å². The van der Waals surface area contributed by atoms with Crippen LogP contribution in [0.2, 0.25) is 6.82 Å². The lowest BCUT2D eigenvalue weighted by atomic mass is 10.1. The monoisotopic (exact) mass is 161 g/mol. The maximum Gasteiger partial charge on any atom is 0.370 e. The van der Waals surface area contributed by atoms with Gasteiger partial charge in [-0.05, 0) is 6.92 Å². The molecule has 0 aliphatic heterocycles. The predicted molar refractivity (Wildman–Crippen MR) is 47.5 cm³/mol. The zero-order valence-corrected chi connectivity index (χ0v) is 5.63. The smallest absolute Gasteiger partial charge is 0.370 e. The van der Waals surface area contributed by atoms with Crippen molar-refractivity contribution in [2.45, 2.75) is 41.1 Å². The Balaban J connectivity index is -0.000000320. The van der Waals surface area contributed by atoms with Gasteiger partial charge >= 0.3 is 7.48 Å². The van der Waals surface area contributed by atoms with Crippen LogP contribution in [0.1, 0.15) is 28.2 Å². The molecule has 1 atom stereocenters. The highest BCUT2D eigenvalue weighted by Crippen LogP contribution is 1.90. The molecule has 0 aromatic heterocycles.